The van der Waals surface area contributed by atoms with Gasteiger partial charge in [0, 0.05) is 13.2 Å². The lowest BCUT2D eigenvalue weighted by atomic mass is 10.3. The third-order valence-electron chi connectivity index (χ3n) is 2.31. The van der Waals surface area contributed by atoms with Gasteiger partial charge in [-0.25, -0.2) is 4.39 Å². The van der Waals surface area contributed by atoms with E-state index in [1.54, 1.807) is 12.1 Å². The van der Waals surface area contributed by atoms with E-state index in [1.165, 1.54) is 12.1 Å². The Kier molecular flexibility index (Phi) is 7.37. The number of hydrogen-bond donors (Lipinski definition) is 1. The van der Waals surface area contributed by atoms with Crippen LogP contribution in [-0.4, -0.2) is 32.4 Å². The maximum absolute atomic E-state index is 12.6. The minimum absolute atomic E-state index is 0.245. The highest BCUT2D eigenvalue weighted by molar-refractivity contribution is 5.21. The van der Waals surface area contributed by atoms with Crippen LogP contribution in [0.25, 0.3) is 0 Å². The molecule has 0 aliphatic rings. The summed E-state index contributed by atoms with van der Waals surface area (Å²) in [5.74, 6) is 0.451. The molecule has 0 aliphatic heterocycles. The molecular formula is C14H22FNO2. The van der Waals surface area contributed by atoms with E-state index in [-0.39, 0.29) is 5.82 Å². The van der Waals surface area contributed by atoms with Crippen molar-refractivity contribution in [3.05, 3.63) is 30.1 Å². The Morgan fingerprint density at radius 2 is 1.83 bits per heavy atom. The summed E-state index contributed by atoms with van der Waals surface area (Å²) in [7, 11) is 0. The quantitative estimate of drug-likeness (QED) is 0.688. The van der Waals surface area contributed by atoms with Gasteiger partial charge in [-0.05, 0) is 51.1 Å². The fourth-order valence-electron chi connectivity index (χ4n) is 1.41. The van der Waals surface area contributed by atoms with Crippen LogP contribution < -0.4 is 10.1 Å². The van der Waals surface area contributed by atoms with Crippen LogP contribution in [0, 0.1) is 5.82 Å². The van der Waals surface area contributed by atoms with Gasteiger partial charge in [0.25, 0.3) is 0 Å². The summed E-state index contributed by atoms with van der Waals surface area (Å²) < 4.78 is 23.5. The number of benzene rings is 1. The maximum atomic E-state index is 12.6. The monoisotopic (exact) mass is 255 g/mol. The Hall–Kier alpha value is -1.13. The molecule has 1 N–H and O–H groups in total. The molecular weight excluding hydrogens is 233 g/mol. The van der Waals surface area contributed by atoms with Crippen molar-refractivity contribution in [2.75, 3.05) is 26.3 Å². The molecule has 4 heteroatoms. The van der Waals surface area contributed by atoms with Gasteiger partial charge in [0.05, 0.1) is 6.10 Å². The first-order chi connectivity index (χ1) is 8.68. The van der Waals surface area contributed by atoms with Crippen molar-refractivity contribution in [3.63, 3.8) is 0 Å². The van der Waals surface area contributed by atoms with Crippen molar-refractivity contribution >= 4 is 0 Å². The molecule has 0 aromatic heterocycles. The second-order valence-corrected chi connectivity index (χ2v) is 4.33. The van der Waals surface area contributed by atoms with E-state index in [0.29, 0.717) is 18.5 Å². The zero-order valence-corrected chi connectivity index (χ0v) is 11.1. The predicted octanol–water partition coefficient (Wildman–Crippen LogP) is 2.61. The number of halogens is 1. The molecule has 0 radical (unpaired) electrons. The number of ether oxygens (including phenoxy) is 2. The second kappa shape index (κ2) is 8.89. The zero-order valence-electron chi connectivity index (χ0n) is 11.1. The van der Waals surface area contributed by atoms with Crippen molar-refractivity contribution in [3.8, 4) is 5.75 Å². The Balaban J connectivity index is 1.94. The molecule has 1 rings (SSSR count). The summed E-state index contributed by atoms with van der Waals surface area (Å²) in [5.41, 5.74) is 0. The van der Waals surface area contributed by atoms with Crippen molar-refractivity contribution in [2.24, 2.45) is 0 Å². The molecule has 0 fully saturated rings. The Bertz CT molecular complexity index is 314. The van der Waals surface area contributed by atoms with Crippen LogP contribution in [0.3, 0.4) is 0 Å². The summed E-state index contributed by atoms with van der Waals surface area (Å²) in [5, 5.41) is 3.26. The van der Waals surface area contributed by atoms with E-state index in [4.69, 9.17) is 9.47 Å². The van der Waals surface area contributed by atoms with Crippen LogP contribution in [0.1, 0.15) is 20.3 Å². The standard InChI is InChI=1S/C14H22FNO2/c1-12(2)17-10-3-8-16-9-11-18-14-6-4-13(15)5-7-14/h4-7,12,16H,3,8-11H2,1-2H3. The third-order valence-corrected chi connectivity index (χ3v) is 2.31. The molecule has 102 valence electrons. The second-order valence-electron chi connectivity index (χ2n) is 4.33. The van der Waals surface area contributed by atoms with E-state index in [9.17, 15) is 4.39 Å². The molecule has 0 saturated carbocycles. The van der Waals surface area contributed by atoms with E-state index in [0.717, 1.165) is 26.1 Å². The average Bonchev–Trinajstić information content (AvgIpc) is 2.34. The SMILES string of the molecule is CC(C)OCCCNCCOc1ccc(F)cc1. The molecule has 0 saturated heterocycles. The fourth-order valence-corrected chi connectivity index (χ4v) is 1.41. The highest BCUT2D eigenvalue weighted by Crippen LogP contribution is 2.10. The van der Waals surface area contributed by atoms with Gasteiger partial charge in [-0.1, -0.05) is 0 Å². The largest absolute Gasteiger partial charge is 0.492 e. The van der Waals surface area contributed by atoms with Crippen LogP contribution in [0.5, 0.6) is 5.75 Å². The molecule has 1 aromatic rings. The fraction of sp³-hybridized carbons (Fsp3) is 0.571. The van der Waals surface area contributed by atoms with Gasteiger partial charge in [-0.3, -0.25) is 0 Å². The average molecular weight is 255 g/mol. The maximum Gasteiger partial charge on any atom is 0.123 e. The first kappa shape index (κ1) is 14.9. The number of hydrogen-bond acceptors (Lipinski definition) is 3. The molecule has 0 aliphatic carbocycles. The smallest absolute Gasteiger partial charge is 0.123 e. The van der Waals surface area contributed by atoms with Crippen LogP contribution in [0.15, 0.2) is 24.3 Å². The normalized spacial score (nSPS) is 10.9. The van der Waals surface area contributed by atoms with E-state index in [2.05, 4.69) is 5.32 Å². The molecule has 0 unspecified atom stereocenters. The van der Waals surface area contributed by atoms with Crippen molar-refractivity contribution in [2.45, 2.75) is 26.4 Å². The lowest BCUT2D eigenvalue weighted by molar-refractivity contribution is 0.0770. The van der Waals surface area contributed by atoms with Crippen LogP contribution in [-0.2, 0) is 4.74 Å². The summed E-state index contributed by atoms with van der Waals surface area (Å²) in [6.45, 7) is 7.12. The van der Waals surface area contributed by atoms with Crippen molar-refractivity contribution in [1.82, 2.24) is 5.32 Å². The summed E-state index contributed by atoms with van der Waals surface area (Å²) in [6.07, 6.45) is 1.29. The number of rotatable bonds is 9. The van der Waals surface area contributed by atoms with Gasteiger partial charge in [0.1, 0.15) is 18.2 Å². The van der Waals surface area contributed by atoms with Gasteiger partial charge >= 0.3 is 0 Å². The molecule has 0 amide bonds. The van der Waals surface area contributed by atoms with Gasteiger partial charge < -0.3 is 14.8 Å². The summed E-state index contributed by atoms with van der Waals surface area (Å²) in [6, 6.07) is 6.05. The van der Waals surface area contributed by atoms with Gasteiger partial charge in [0.15, 0.2) is 0 Å². The number of nitrogens with one attached hydrogen (secondary N) is 1. The Labute approximate surface area is 108 Å². The van der Waals surface area contributed by atoms with Crippen LogP contribution >= 0.6 is 0 Å². The molecule has 1 aromatic carbocycles. The molecule has 18 heavy (non-hydrogen) atoms. The Morgan fingerprint density at radius 1 is 1.11 bits per heavy atom. The van der Waals surface area contributed by atoms with E-state index in [1.807, 2.05) is 13.8 Å². The first-order valence-corrected chi connectivity index (χ1v) is 6.39. The lowest BCUT2D eigenvalue weighted by Gasteiger charge is -2.09. The first-order valence-electron chi connectivity index (χ1n) is 6.39. The van der Waals surface area contributed by atoms with Crippen LogP contribution in [0.2, 0.25) is 0 Å². The minimum atomic E-state index is -0.245. The van der Waals surface area contributed by atoms with Crippen LogP contribution in [0.4, 0.5) is 4.39 Å². The molecule has 0 atom stereocenters. The Morgan fingerprint density at radius 3 is 2.50 bits per heavy atom. The lowest BCUT2D eigenvalue weighted by Crippen LogP contribution is -2.23. The minimum Gasteiger partial charge on any atom is -0.492 e. The molecule has 3 nitrogen and oxygen atoms in total. The highest BCUT2D eigenvalue weighted by atomic mass is 19.1. The van der Waals surface area contributed by atoms with E-state index >= 15 is 0 Å². The topological polar surface area (TPSA) is 30.5 Å². The van der Waals surface area contributed by atoms with Gasteiger partial charge in [-0.15, -0.1) is 0 Å². The van der Waals surface area contributed by atoms with Crippen molar-refractivity contribution < 1.29 is 13.9 Å². The molecule has 0 spiro atoms. The van der Waals surface area contributed by atoms with Crippen molar-refractivity contribution in [1.29, 1.82) is 0 Å². The molecule has 0 heterocycles. The van der Waals surface area contributed by atoms with Gasteiger partial charge in [0.2, 0.25) is 0 Å². The van der Waals surface area contributed by atoms with E-state index < -0.39 is 0 Å². The zero-order chi connectivity index (χ0) is 13.2. The molecule has 0 bridgehead atoms. The predicted molar refractivity (Wildman–Crippen MR) is 70.5 cm³/mol. The van der Waals surface area contributed by atoms with Gasteiger partial charge in [-0.2, -0.15) is 0 Å². The third kappa shape index (κ3) is 7.25. The highest BCUT2D eigenvalue weighted by Gasteiger charge is 1.95. The summed E-state index contributed by atoms with van der Waals surface area (Å²) in [4.78, 5) is 0. The summed E-state index contributed by atoms with van der Waals surface area (Å²) >= 11 is 0.